The highest BCUT2D eigenvalue weighted by atomic mass is 32.2. The van der Waals surface area contributed by atoms with Crippen LogP contribution in [0, 0.1) is 0 Å². The zero-order valence-corrected chi connectivity index (χ0v) is 15.7. The first-order valence-electron chi connectivity index (χ1n) is 7.23. The number of hydrogen-bond acceptors (Lipinski definition) is 6. The Balaban J connectivity index is 4.57. The van der Waals surface area contributed by atoms with Gasteiger partial charge < -0.3 is 20.1 Å². The normalized spacial score (nSPS) is 12.7. The molecule has 0 atom stereocenters. The van der Waals surface area contributed by atoms with Crippen LogP contribution in [0.5, 0.6) is 0 Å². The van der Waals surface area contributed by atoms with Crippen LogP contribution in [0.3, 0.4) is 0 Å². The van der Waals surface area contributed by atoms with E-state index in [1.54, 1.807) is 41.5 Å². The van der Waals surface area contributed by atoms with Crippen LogP contribution >= 0.6 is 0 Å². The summed E-state index contributed by atoms with van der Waals surface area (Å²) in [6.45, 7) is 9.84. The van der Waals surface area contributed by atoms with Crippen molar-refractivity contribution in [2.75, 3.05) is 19.3 Å². The highest BCUT2D eigenvalue weighted by Crippen LogP contribution is 2.08. The number of hydrogen-bond donors (Lipinski definition) is 2. The lowest BCUT2D eigenvalue weighted by molar-refractivity contribution is 0.0526. The van der Waals surface area contributed by atoms with Gasteiger partial charge in [-0.1, -0.05) is 0 Å². The van der Waals surface area contributed by atoms with Crippen LogP contribution in [0.15, 0.2) is 0 Å². The van der Waals surface area contributed by atoms with Gasteiger partial charge in [0.2, 0.25) is 0 Å². The second-order valence-corrected chi connectivity index (χ2v) is 9.54. The molecule has 9 heteroatoms. The van der Waals surface area contributed by atoms with Crippen molar-refractivity contribution in [1.82, 2.24) is 10.6 Å². The quantitative estimate of drug-likeness (QED) is 0.775. The predicted molar refractivity (Wildman–Crippen MR) is 87.1 cm³/mol. The fourth-order valence-electron chi connectivity index (χ4n) is 1.40. The molecule has 0 aromatic heterocycles. The Morgan fingerprint density at radius 2 is 1.17 bits per heavy atom. The van der Waals surface area contributed by atoms with Gasteiger partial charge in [-0.2, -0.15) is 0 Å². The van der Waals surface area contributed by atoms with E-state index in [2.05, 4.69) is 10.6 Å². The summed E-state index contributed by atoms with van der Waals surface area (Å²) in [5.74, 6) is 0. The Morgan fingerprint density at radius 3 is 1.39 bits per heavy atom. The van der Waals surface area contributed by atoms with E-state index in [1.807, 2.05) is 0 Å². The lowest BCUT2D eigenvalue weighted by Crippen LogP contribution is -2.46. The van der Waals surface area contributed by atoms with Crippen molar-refractivity contribution >= 4 is 22.0 Å². The average molecular weight is 352 g/mol. The zero-order chi connectivity index (χ0) is 18.5. The van der Waals surface area contributed by atoms with E-state index in [1.165, 1.54) is 0 Å². The topological polar surface area (TPSA) is 111 Å². The monoisotopic (exact) mass is 352 g/mol. The number of nitrogens with one attached hydrogen (secondary N) is 2. The van der Waals surface area contributed by atoms with Gasteiger partial charge in [-0.05, 0) is 41.5 Å². The zero-order valence-electron chi connectivity index (χ0n) is 14.8. The smallest absolute Gasteiger partial charge is 0.407 e. The summed E-state index contributed by atoms with van der Waals surface area (Å²) in [4.78, 5) is 23.2. The van der Waals surface area contributed by atoms with Crippen molar-refractivity contribution in [3.63, 3.8) is 0 Å². The minimum atomic E-state index is -3.48. The van der Waals surface area contributed by atoms with Crippen LogP contribution in [0.1, 0.15) is 41.5 Å². The second kappa shape index (κ2) is 7.85. The number of carbonyl (C=O) groups is 2. The lowest BCUT2D eigenvalue weighted by Gasteiger charge is -2.23. The van der Waals surface area contributed by atoms with E-state index in [0.717, 1.165) is 6.26 Å². The Hall–Kier alpha value is -1.51. The summed E-state index contributed by atoms with van der Waals surface area (Å²) in [6, 6.07) is 0. The van der Waals surface area contributed by atoms with Crippen LogP contribution in [-0.4, -0.2) is 56.4 Å². The molecule has 0 spiro atoms. The van der Waals surface area contributed by atoms with Gasteiger partial charge in [-0.25, -0.2) is 18.0 Å². The molecule has 0 bridgehead atoms. The predicted octanol–water partition coefficient (Wildman–Crippen LogP) is 1.45. The van der Waals surface area contributed by atoms with Gasteiger partial charge in [0.05, 0.1) is 5.25 Å². The van der Waals surface area contributed by atoms with Gasteiger partial charge >= 0.3 is 12.2 Å². The largest absolute Gasteiger partial charge is 0.444 e. The number of ether oxygens (including phenoxy) is 2. The minimum Gasteiger partial charge on any atom is -0.444 e. The molecule has 136 valence electrons. The van der Waals surface area contributed by atoms with E-state index in [-0.39, 0.29) is 13.1 Å². The summed E-state index contributed by atoms with van der Waals surface area (Å²) < 4.78 is 33.6. The molecule has 2 amide bonds. The van der Waals surface area contributed by atoms with Crippen LogP contribution in [0.2, 0.25) is 0 Å². The third-order valence-electron chi connectivity index (χ3n) is 2.35. The molecule has 0 heterocycles. The van der Waals surface area contributed by atoms with E-state index in [4.69, 9.17) is 9.47 Å². The molecule has 23 heavy (non-hydrogen) atoms. The van der Waals surface area contributed by atoms with Crippen molar-refractivity contribution in [3.8, 4) is 0 Å². The van der Waals surface area contributed by atoms with E-state index in [9.17, 15) is 18.0 Å². The molecule has 0 fully saturated rings. The summed E-state index contributed by atoms with van der Waals surface area (Å²) in [5.41, 5.74) is -1.36. The van der Waals surface area contributed by atoms with Crippen LogP contribution in [-0.2, 0) is 19.3 Å². The third kappa shape index (κ3) is 11.7. The first-order valence-corrected chi connectivity index (χ1v) is 9.18. The number of rotatable bonds is 5. The molecule has 0 aromatic carbocycles. The average Bonchev–Trinajstić information content (AvgIpc) is 2.21. The molecular formula is C14H28N2O6S. The fraction of sp³-hybridized carbons (Fsp3) is 0.857. The van der Waals surface area contributed by atoms with Crippen molar-refractivity contribution in [1.29, 1.82) is 0 Å². The first-order chi connectivity index (χ1) is 10.1. The molecule has 0 saturated carbocycles. The van der Waals surface area contributed by atoms with Crippen molar-refractivity contribution in [2.24, 2.45) is 0 Å². The first kappa shape index (κ1) is 21.5. The van der Waals surface area contributed by atoms with Gasteiger partial charge in [0.1, 0.15) is 11.2 Å². The Morgan fingerprint density at radius 1 is 0.870 bits per heavy atom. The molecule has 0 radical (unpaired) electrons. The van der Waals surface area contributed by atoms with Gasteiger partial charge in [-0.15, -0.1) is 0 Å². The van der Waals surface area contributed by atoms with E-state index in [0.29, 0.717) is 0 Å². The Kier molecular flexibility index (Phi) is 7.33. The van der Waals surface area contributed by atoms with E-state index < -0.39 is 38.5 Å². The summed E-state index contributed by atoms with van der Waals surface area (Å²) >= 11 is 0. The van der Waals surface area contributed by atoms with Crippen molar-refractivity contribution in [3.05, 3.63) is 0 Å². The number of carbonyl (C=O) groups excluding carboxylic acids is 2. The molecule has 0 unspecified atom stereocenters. The molecule has 0 rings (SSSR count). The highest BCUT2D eigenvalue weighted by molar-refractivity contribution is 7.91. The molecule has 0 aliphatic carbocycles. The molecular weight excluding hydrogens is 324 g/mol. The van der Waals surface area contributed by atoms with Crippen LogP contribution in [0.4, 0.5) is 9.59 Å². The van der Waals surface area contributed by atoms with Gasteiger partial charge in [0.15, 0.2) is 9.84 Å². The Labute approximate surface area is 138 Å². The molecule has 2 N–H and O–H groups in total. The van der Waals surface area contributed by atoms with Gasteiger partial charge in [-0.3, -0.25) is 0 Å². The second-order valence-electron chi connectivity index (χ2n) is 7.22. The van der Waals surface area contributed by atoms with Crippen molar-refractivity contribution < 1.29 is 27.5 Å². The number of sulfone groups is 1. The SMILES string of the molecule is CC(C)(C)OC(=O)NCC(CNC(=O)OC(C)(C)C)S(C)(=O)=O. The van der Waals surface area contributed by atoms with Crippen LogP contribution in [0.25, 0.3) is 0 Å². The molecule has 0 saturated heterocycles. The standard InChI is InChI=1S/C14H28N2O6S/c1-13(2,3)21-11(17)15-8-10(23(7,19)20)9-16-12(18)22-14(4,5)6/h10H,8-9H2,1-7H3,(H,15,17)(H,16,18). The maximum Gasteiger partial charge on any atom is 0.407 e. The summed E-state index contributed by atoms with van der Waals surface area (Å²) in [7, 11) is -3.48. The maximum absolute atomic E-state index is 11.7. The molecule has 0 aromatic rings. The Bertz CT molecular complexity index is 484. The van der Waals surface area contributed by atoms with E-state index >= 15 is 0 Å². The fourth-order valence-corrected chi connectivity index (χ4v) is 2.17. The lowest BCUT2D eigenvalue weighted by atomic mass is 10.2. The summed E-state index contributed by atoms with van der Waals surface area (Å²) in [5, 5.41) is 3.79. The summed E-state index contributed by atoms with van der Waals surface area (Å²) in [6.07, 6.45) is -0.405. The van der Waals surface area contributed by atoms with Crippen molar-refractivity contribution in [2.45, 2.75) is 58.0 Å². The molecule has 8 nitrogen and oxygen atoms in total. The molecule has 0 aliphatic heterocycles. The number of alkyl carbamates (subject to hydrolysis) is 2. The molecule has 0 aliphatic rings. The van der Waals surface area contributed by atoms with Crippen LogP contribution < -0.4 is 10.6 Å². The maximum atomic E-state index is 11.7. The van der Waals surface area contributed by atoms with Gasteiger partial charge in [0, 0.05) is 19.3 Å². The highest BCUT2D eigenvalue weighted by Gasteiger charge is 2.25. The minimum absolute atomic E-state index is 0.177. The van der Waals surface area contributed by atoms with Gasteiger partial charge in [0.25, 0.3) is 0 Å². The third-order valence-corrected chi connectivity index (χ3v) is 3.90. The number of amides is 2.